The lowest BCUT2D eigenvalue weighted by atomic mass is 10.1. The minimum atomic E-state index is 0.532. The summed E-state index contributed by atoms with van der Waals surface area (Å²) in [4.78, 5) is 2.55. The molecule has 0 amide bonds. The molecule has 1 N–H and O–H groups in total. The highest BCUT2D eigenvalue weighted by Crippen LogP contribution is 2.15. The second kappa shape index (κ2) is 8.34. The first-order valence-electron chi connectivity index (χ1n) is 7.62. The van der Waals surface area contributed by atoms with Gasteiger partial charge < -0.3 is 5.32 Å². The molecule has 1 atom stereocenters. The van der Waals surface area contributed by atoms with Crippen LogP contribution >= 0.6 is 0 Å². The van der Waals surface area contributed by atoms with E-state index >= 15 is 0 Å². The quantitative estimate of drug-likeness (QED) is 0.766. The fourth-order valence-corrected chi connectivity index (χ4v) is 2.25. The summed E-state index contributed by atoms with van der Waals surface area (Å²) < 4.78 is 0. The predicted molar refractivity (Wildman–Crippen MR) is 84.3 cm³/mol. The van der Waals surface area contributed by atoms with Gasteiger partial charge in [0.2, 0.25) is 0 Å². The van der Waals surface area contributed by atoms with Gasteiger partial charge in [-0.05, 0) is 31.0 Å². The summed E-state index contributed by atoms with van der Waals surface area (Å²) in [6, 6.07) is 9.98. The minimum absolute atomic E-state index is 0.532. The van der Waals surface area contributed by atoms with Gasteiger partial charge in [0, 0.05) is 25.2 Å². The molecule has 19 heavy (non-hydrogen) atoms. The Hall–Kier alpha value is -0.860. The zero-order valence-electron chi connectivity index (χ0n) is 13.2. The average Bonchev–Trinajstić information content (AvgIpc) is 2.42. The second-order valence-electron chi connectivity index (χ2n) is 5.62. The van der Waals surface area contributed by atoms with Crippen LogP contribution in [0.5, 0.6) is 0 Å². The van der Waals surface area contributed by atoms with Gasteiger partial charge in [-0.25, -0.2) is 0 Å². The summed E-state index contributed by atoms with van der Waals surface area (Å²) in [6.45, 7) is 14.4. The van der Waals surface area contributed by atoms with Crippen LogP contribution in [0.15, 0.2) is 24.3 Å². The molecule has 0 heterocycles. The van der Waals surface area contributed by atoms with Gasteiger partial charge in [-0.15, -0.1) is 0 Å². The van der Waals surface area contributed by atoms with Crippen LogP contribution < -0.4 is 5.32 Å². The first kappa shape index (κ1) is 16.2. The van der Waals surface area contributed by atoms with E-state index in [0.717, 1.165) is 19.6 Å². The van der Waals surface area contributed by atoms with Crippen LogP contribution in [-0.4, -0.2) is 23.5 Å². The van der Waals surface area contributed by atoms with Gasteiger partial charge in [0.25, 0.3) is 0 Å². The zero-order valence-corrected chi connectivity index (χ0v) is 13.2. The van der Waals surface area contributed by atoms with Gasteiger partial charge in [0.1, 0.15) is 0 Å². The smallest absolute Gasteiger partial charge is 0.0239 e. The maximum atomic E-state index is 3.52. The molecule has 2 heteroatoms. The molecule has 1 aromatic rings. The standard InChI is InChI=1S/C17H30N2/c1-6-15(5)19(7-2)13-17-11-9-8-10-16(17)12-18-14(3)4/h8-11,14-15,18H,6-7,12-13H2,1-5H3. The third-order valence-electron chi connectivity index (χ3n) is 3.81. The first-order valence-corrected chi connectivity index (χ1v) is 7.62. The molecule has 0 saturated carbocycles. The molecule has 0 bridgehead atoms. The number of rotatable bonds is 8. The van der Waals surface area contributed by atoms with Gasteiger partial charge in [0.15, 0.2) is 0 Å². The van der Waals surface area contributed by atoms with E-state index in [1.165, 1.54) is 17.5 Å². The molecule has 0 aliphatic heterocycles. The second-order valence-corrected chi connectivity index (χ2v) is 5.62. The fraction of sp³-hybridized carbons (Fsp3) is 0.647. The van der Waals surface area contributed by atoms with Gasteiger partial charge in [-0.1, -0.05) is 52.0 Å². The average molecular weight is 262 g/mol. The summed E-state index contributed by atoms with van der Waals surface area (Å²) >= 11 is 0. The lowest BCUT2D eigenvalue weighted by Gasteiger charge is -2.28. The summed E-state index contributed by atoms with van der Waals surface area (Å²) in [5.74, 6) is 0. The molecule has 0 aromatic heterocycles. The monoisotopic (exact) mass is 262 g/mol. The van der Waals surface area contributed by atoms with E-state index in [4.69, 9.17) is 0 Å². The molecular weight excluding hydrogens is 232 g/mol. The molecule has 0 aliphatic carbocycles. The molecule has 0 spiro atoms. The van der Waals surface area contributed by atoms with E-state index in [1.807, 2.05) is 0 Å². The molecule has 108 valence electrons. The Morgan fingerprint density at radius 1 is 1.05 bits per heavy atom. The molecule has 0 fully saturated rings. The van der Waals surface area contributed by atoms with Crippen molar-refractivity contribution in [1.29, 1.82) is 0 Å². The first-order chi connectivity index (χ1) is 9.08. The van der Waals surface area contributed by atoms with Crippen molar-refractivity contribution in [2.45, 2.75) is 66.2 Å². The van der Waals surface area contributed by atoms with Gasteiger partial charge in [0.05, 0.1) is 0 Å². The SMILES string of the molecule is CCC(C)N(CC)Cc1ccccc1CNC(C)C. The molecule has 0 radical (unpaired) electrons. The van der Waals surface area contributed by atoms with E-state index in [1.54, 1.807) is 0 Å². The van der Waals surface area contributed by atoms with Crippen molar-refractivity contribution >= 4 is 0 Å². The van der Waals surface area contributed by atoms with E-state index in [0.29, 0.717) is 12.1 Å². The number of nitrogens with one attached hydrogen (secondary N) is 1. The number of hydrogen-bond acceptors (Lipinski definition) is 2. The minimum Gasteiger partial charge on any atom is -0.310 e. The molecule has 0 saturated heterocycles. The van der Waals surface area contributed by atoms with Crippen molar-refractivity contribution in [3.05, 3.63) is 35.4 Å². The van der Waals surface area contributed by atoms with Crippen molar-refractivity contribution in [3.8, 4) is 0 Å². The molecule has 1 unspecified atom stereocenters. The molecule has 2 nitrogen and oxygen atoms in total. The van der Waals surface area contributed by atoms with Crippen LogP contribution in [0.3, 0.4) is 0 Å². The highest BCUT2D eigenvalue weighted by atomic mass is 15.1. The topological polar surface area (TPSA) is 15.3 Å². The molecular formula is C17H30N2. The van der Waals surface area contributed by atoms with Crippen LogP contribution in [-0.2, 0) is 13.1 Å². The van der Waals surface area contributed by atoms with Gasteiger partial charge in [-0.3, -0.25) is 4.90 Å². The summed E-state index contributed by atoms with van der Waals surface area (Å²) in [6.07, 6.45) is 1.21. The molecule has 0 aliphatic rings. The van der Waals surface area contributed by atoms with Gasteiger partial charge >= 0.3 is 0 Å². The third kappa shape index (κ3) is 5.33. The van der Waals surface area contributed by atoms with E-state index in [2.05, 4.69) is 69.1 Å². The van der Waals surface area contributed by atoms with E-state index < -0.39 is 0 Å². The largest absolute Gasteiger partial charge is 0.310 e. The Morgan fingerprint density at radius 3 is 2.21 bits per heavy atom. The lowest BCUT2D eigenvalue weighted by Crippen LogP contribution is -2.32. The number of hydrogen-bond donors (Lipinski definition) is 1. The number of benzene rings is 1. The van der Waals surface area contributed by atoms with Crippen LogP contribution in [0.4, 0.5) is 0 Å². The Labute approximate surface area is 119 Å². The Bertz CT molecular complexity index is 360. The normalized spacial score (nSPS) is 13.2. The highest BCUT2D eigenvalue weighted by molar-refractivity contribution is 5.27. The summed E-state index contributed by atoms with van der Waals surface area (Å²) in [5.41, 5.74) is 2.88. The van der Waals surface area contributed by atoms with Crippen LogP contribution in [0.25, 0.3) is 0 Å². The maximum Gasteiger partial charge on any atom is 0.0239 e. The van der Waals surface area contributed by atoms with Crippen molar-refractivity contribution < 1.29 is 0 Å². The van der Waals surface area contributed by atoms with Crippen molar-refractivity contribution in [2.75, 3.05) is 6.54 Å². The van der Waals surface area contributed by atoms with Crippen LogP contribution in [0.1, 0.15) is 52.2 Å². The highest BCUT2D eigenvalue weighted by Gasteiger charge is 2.12. The lowest BCUT2D eigenvalue weighted by molar-refractivity contribution is 0.205. The van der Waals surface area contributed by atoms with Gasteiger partial charge in [-0.2, -0.15) is 0 Å². The van der Waals surface area contributed by atoms with Crippen molar-refractivity contribution in [3.63, 3.8) is 0 Å². The van der Waals surface area contributed by atoms with Crippen LogP contribution in [0.2, 0.25) is 0 Å². The van der Waals surface area contributed by atoms with Crippen molar-refractivity contribution in [2.24, 2.45) is 0 Å². The fourth-order valence-electron chi connectivity index (χ4n) is 2.25. The summed E-state index contributed by atoms with van der Waals surface area (Å²) in [7, 11) is 0. The van der Waals surface area contributed by atoms with Crippen LogP contribution in [0, 0.1) is 0 Å². The van der Waals surface area contributed by atoms with E-state index in [-0.39, 0.29) is 0 Å². The Balaban J connectivity index is 2.75. The predicted octanol–water partition coefficient (Wildman–Crippen LogP) is 3.81. The molecule has 1 aromatic carbocycles. The Morgan fingerprint density at radius 2 is 1.68 bits per heavy atom. The number of nitrogens with zero attached hydrogens (tertiary/aromatic N) is 1. The van der Waals surface area contributed by atoms with Crippen molar-refractivity contribution in [1.82, 2.24) is 10.2 Å². The Kier molecular flexibility index (Phi) is 7.11. The van der Waals surface area contributed by atoms with E-state index in [9.17, 15) is 0 Å². The molecule has 1 rings (SSSR count). The zero-order chi connectivity index (χ0) is 14.3. The third-order valence-corrected chi connectivity index (χ3v) is 3.81. The maximum absolute atomic E-state index is 3.52. The summed E-state index contributed by atoms with van der Waals surface area (Å²) in [5, 5.41) is 3.52.